The van der Waals surface area contributed by atoms with Gasteiger partial charge in [0, 0.05) is 53.0 Å². The molecule has 0 amide bonds. The van der Waals surface area contributed by atoms with Crippen LogP contribution < -0.4 is 5.73 Å². The van der Waals surface area contributed by atoms with Crippen molar-refractivity contribution in [3.05, 3.63) is 0 Å². The van der Waals surface area contributed by atoms with Crippen molar-refractivity contribution >= 4 is 0 Å². The van der Waals surface area contributed by atoms with E-state index in [-0.39, 0.29) is 0 Å². The summed E-state index contributed by atoms with van der Waals surface area (Å²) < 4.78 is 5.07. The summed E-state index contributed by atoms with van der Waals surface area (Å²) in [5.41, 5.74) is 5.65. The van der Waals surface area contributed by atoms with Gasteiger partial charge in [-0.05, 0) is 18.9 Å². The Morgan fingerprint density at radius 3 is 2.38 bits per heavy atom. The maximum Gasteiger partial charge on any atom is 0.0474 e. The number of nitrogens with zero attached hydrogens (tertiary/aromatic N) is 2. The molecule has 1 atom stereocenters. The SMILES string of the molecule is COCCCN1CCN(CC(C)CN)CC1. The molecule has 2 N–H and O–H groups in total. The Balaban J connectivity index is 2.08. The molecule has 1 fully saturated rings. The molecule has 0 radical (unpaired) electrons. The summed E-state index contributed by atoms with van der Waals surface area (Å²) >= 11 is 0. The number of rotatable bonds is 7. The highest BCUT2D eigenvalue weighted by molar-refractivity contribution is 4.73. The Morgan fingerprint density at radius 1 is 1.19 bits per heavy atom. The molecule has 1 rings (SSSR count). The third-order valence-corrected chi connectivity index (χ3v) is 3.26. The van der Waals surface area contributed by atoms with E-state index in [1.807, 2.05) is 0 Å². The fourth-order valence-electron chi connectivity index (χ4n) is 2.14. The molecule has 16 heavy (non-hydrogen) atoms. The van der Waals surface area contributed by atoms with Crippen molar-refractivity contribution < 1.29 is 4.74 Å². The van der Waals surface area contributed by atoms with Crippen molar-refractivity contribution in [1.29, 1.82) is 0 Å². The summed E-state index contributed by atoms with van der Waals surface area (Å²) in [6.45, 7) is 11.0. The highest BCUT2D eigenvalue weighted by atomic mass is 16.5. The van der Waals surface area contributed by atoms with Crippen molar-refractivity contribution in [3.63, 3.8) is 0 Å². The maximum absolute atomic E-state index is 5.65. The van der Waals surface area contributed by atoms with Crippen LogP contribution in [0, 0.1) is 5.92 Å². The third-order valence-electron chi connectivity index (χ3n) is 3.26. The molecule has 4 heteroatoms. The number of hydrogen-bond acceptors (Lipinski definition) is 4. The maximum atomic E-state index is 5.65. The zero-order chi connectivity index (χ0) is 11.8. The Morgan fingerprint density at radius 2 is 1.81 bits per heavy atom. The predicted octanol–water partition coefficient (Wildman–Crippen LogP) is 0.235. The molecular formula is C12H27N3O. The average molecular weight is 229 g/mol. The second-order valence-electron chi connectivity index (χ2n) is 4.83. The van der Waals surface area contributed by atoms with Crippen LogP contribution in [0.15, 0.2) is 0 Å². The second-order valence-corrected chi connectivity index (χ2v) is 4.83. The Hall–Kier alpha value is -0.160. The van der Waals surface area contributed by atoms with E-state index in [0.717, 1.165) is 26.1 Å². The summed E-state index contributed by atoms with van der Waals surface area (Å²) in [5, 5.41) is 0. The van der Waals surface area contributed by atoms with Crippen molar-refractivity contribution in [2.24, 2.45) is 11.7 Å². The molecule has 0 spiro atoms. The standard InChI is InChI=1S/C12H27N3O/c1-12(10-13)11-15-7-5-14(6-8-15)4-3-9-16-2/h12H,3-11,13H2,1-2H3. The van der Waals surface area contributed by atoms with Gasteiger partial charge in [-0.2, -0.15) is 0 Å². The highest BCUT2D eigenvalue weighted by Gasteiger charge is 2.17. The van der Waals surface area contributed by atoms with E-state index in [1.165, 1.54) is 32.7 Å². The van der Waals surface area contributed by atoms with Crippen LogP contribution in [0.4, 0.5) is 0 Å². The minimum absolute atomic E-state index is 0.625. The first-order chi connectivity index (χ1) is 7.76. The fraction of sp³-hybridized carbons (Fsp3) is 1.00. The monoisotopic (exact) mass is 229 g/mol. The second kappa shape index (κ2) is 8.01. The van der Waals surface area contributed by atoms with Gasteiger partial charge >= 0.3 is 0 Å². The van der Waals surface area contributed by atoms with E-state index in [0.29, 0.717) is 5.92 Å². The molecule has 4 nitrogen and oxygen atoms in total. The molecule has 0 aromatic rings. The Bertz CT molecular complexity index is 170. The summed E-state index contributed by atoms with van der Waals surface area (Å²) in [5.74, 6) is 0.625. The van der Waals surface area contributed by atoms with Crippen LogP contribution in [0.1, 0.15) is 13.3 Å². The van der Waals surface area contributed by atoms with E-state index < -0.39 is 0 Å². The molecule has 0 aromatic carbocycles. The minimum atomic E-state index is 0.625. The van der Waals surface area contributed by atoms with Gasteiger partial charge in [0.05, 0.1) is 0 Å². The van der Waals surface area contributed by atoms with Gasteiger partial charge in [-0.25, -0.2) is 0 Å². The van der Waals surface area contributed by atoms with Gasteiger partial charge in [-0.3, -0.25) is 0 Å². The largest absolute Gasteiger partial charge is 0.385 e. The van der Waals surface area contributed by atoms with Crippen LogP contribution in [0.3, 0.4) is 0 Å². The molecule has 96 valence electrons. The number of hydrogen-bond donors (Lipinski definition) is 1. The van der Waals surface area contributed by atoms with Gasteiger partial charge in [0.25, 0.3) is 0 Å². The Labute approximate surface area is 99.7 Å². The van der Waals surface area contributed by atoms with E-state index in [1.54, 1.807) is 7.11 Å². The van der Waals surface area contributed by atoms with Gasteiger partial charge < -0.3 is 20.3 Å². The number of piperazine rings is 1. The van der Waals surface area contributed by atoms with Crippen LogP contribution in [0.5, 0.6) is 0 Å². The molecule has 1 aliphatic rings. The zero-order valence-corrected chi connectivity index (χ0v) is 10.8. The Kier molecular flexibility index (Phi) is 6.96. The fourth-order valence-corrected chi connectivity index (χ4v) is 2.14. The molecule has 1 unspecified atom stereocenters. The summed E-state index contributed by atoms with van der Waals surface area (Å²) in [6.07, 6.45) is 1.15. The molecule has 1 aliphatic heterocycles. The van der Waals surface area contributed by atoms with Crippen LogP contribution in [0.25, 0.3) is 0 Å². The quantitative estimate of drug-likeness (QED) is 0.635. The lowest BCUT2D eigenvalue weighted by Crippen LogP contribution is -2.48. The molecule has 0 aromatic heterocycles. The highest BCUT2D eigenvalue weighted by Crippen LogP contribution is 2.05. The van der Waals surface area contributed by atoms with E-state index in [2.05, 4.69) is 16.7 Å². The first kappa shape index (κ1) is 13.9. The lowest BCUT2D eigenvalue weighted by molar-refractivity contribution is 0.108. The molecule has 0 aliphatic carbocycles. The predicted molar refractivity (Wildman–Crippen MR) is 67.6 cm³/mol. The van der Waals surface area contributed by atoms with Crippen molar-refractivity contribution in [3.8, 4) is 0 Å². The number of methoxy groups -OCH3 is 1. The summed E-state index contributed by atoms with van der Waals surface area (Å²) in [7, 11) is 1.77. The molecule has 1 saturated heterocycles. The third kappa shape index (κ3) is 5.25. The van der Waals surface area contributed by atoms with Gasteiger partial charge in [0.2, 0.25) is 0 Å². The summed E-state index contributed by atoms with van der Waals surface area (Å²) in [4.78, 5) is 5.06. The first-order valence-corrected chi connectivity index (χ1v) is 6.40. The van der Waals surface area contributed by atoms with E-state index in [9.17, 15) is 0 Å². The van der Waals surface area contributed by atoms with Crippen LogP contribution in [0.2, 0.25) is 0 Å². The van der Waals surface area contributed by atoms with E-state index in [4.69, 9.17) is 10.5 Å². The molecular weight excluding hydrogens is 202 g/mol. The molecule has 0 saturated carbocycles. The van der Waals surface area contributed by atoms with Crippen molar-refractivity contribution in [2.75, 3.05) is 59.5 Å². The smallest absolute Gasteiger partial charge is 0.0474 e. The van der Waals surface area contributed by atoms with Gasteiger partial charge in [0.15, 0.2) is 0 Å². The summed E-state index contributed by atoms with van der Waals surface area (Å²) in [6, 6.07) is 0. The molecule has 1 heterocycles. The van der Waals surface area contributed by atoms with E-state index >= 15 is 0 Å². The van der Waals surface area contributed by atoms with Crippen LogP contribution in [-0.4, -0.2) is 69.3 Å². The number of ether oxygens (including phenoxy) is 1. The zero-order valence-electron chi connectivity index (χ0n) is 10.8. The van der Waals surface area contributed by atoms with Crippen LogP contribution >= 0.6 is 0 Å². The number of nitrogens with two attached hydrogens (primary N) is 1. The normalized spacial score (nSPS) is 21.2. The van der Waals surface area contributed by atoms with Gasteiger partial charge in [-0.15, -0.1) is 0 Å². The minimum Gasteiger partial charge on any atom is -0.385 e. The van der Waals surface area contributed by atoms with Crippen molar-refractivity contribution in [1.82, 2.24) is 9.80 Å². The average Bonchev–Trinajstić information content (AvgIpc) is 2.31. The van der Waals surface area contributed by atoms with Gasteiger partial charge in [0.1, 0.15) is 0 Å². The lowest BCUT2D eigenvalue weighted by Gasteiger charge is -2.35. The first-order valence-electron chi connectivity index (χ1n) is 6.40. The van der Waals surface area contributed by atoms with Crippen molar-refractivity contribution in [2.45, 2.75) is 13.3 Å². The lowest BCUT2D eigenvalue weighted by atomic mass is 10.1. The van der Waals surface area contributed by atoms with Crippen LogP contribution in [-0.2, 0) is 4.74 Å². The molecule has 0 bridgehead atoms. The van der Waals surface area contributed by atoms with Gasteiger partial charge in [-0.1, -0.05) is 6.92 Å². The topological polar surface area (TPSA) is 41.7 Å².